The minimum Gasteiger partial charge on any atom is -0.456 e. The first-order valence-electron chi connectivity index (χ1n) is 6.06. The quantitative estimate of drug-likeness (QED) is 0.600. The summed E-state index contributed by atoms with van der Waals surface area (Å²) in [7, 11) is 0. The summed E-state index contributed by atoms with van der Waals surface area (Å²) in [6, 6.07) is 5.28. The maximum atomic E-state index is 12.1. The smallest absolute Gasteiger partial charge is 0.329 e. The van der Waals surface area contributed by atoms with E-state index in [1.54, 1.807) is 12.1 Å². The second kappa shape index (κ2) is 5.24. The predicted octanol–water partition coefficient (Wildman–Crippen LogP) is 0.803. The number of esters is 1. The SMILES string of the molecule is CC(=O)COC(=O)[C@@H](C)N1C(=O)c2ccccc2C1=O. The molecule has 104 valence electrons. The molecule has 0 N–H and O–H groups in total. The van der Waals surface area contributed by atoms with Crippen LogP contribution >= 0.6 is 0 Å². The molecule has 1 aliphatic heterocycles. The van der Waals surface area contributed by atoms with Crippen LogP contribution < -0.4 is 0 Å². The van der Waals surface area contributed by atoms with E-state index in [1.165, 1.54) is 26.0 Å². The van der Waals surface area contributed by atoms with E-state index in [4.69, 9.17) is 4.74 Å². The topological polar surface area (TPSA) is 80.8 Å². The highest BCUT2D eigenvalue weighted by atomic mass is 16.5. The molecule has 6 heteroatoms. The van der Waals surface area contributed by atoms with E-state index in [0.717, 1.165) is 4.90 Å². The summed E-state index contributed by atoms with van der Waals surface area (Å²) >= 11 is 0. The Balaban J connectivity index is 2.19. The van der Waals surface area contributed by atoms with Crippen molar-refractivity contribution in [2.45, 2.75) is 19.9 Å². The highest BCUT2D eigenvalue weighted by molar-refractivity contribution is 6.22. The molecule has 0 bridgehead atoms. The Kier molecular flexibility index (Phi) is 3.65. The molecule has 1 heterocycles. The second-order valence-corrected chi connectivity index (χ2v) is 4.51. The largest absolute Gasteiger partial charge is 0.456 e. The van der Waals surface area contributed by atoms with E-state index in [1.807, 2.05) is 0 Å². The van der Waals surface area contributed by atoms with Gasteiger partial charge in [0.2, 0.25) is 0 Å². The summed E-state index contributed by atoms with van der Waals surface area (Å²) in [4.78, 5) is 47.6. The average Bonchev–Trinajstić information content (AvgIpc) is 2.68. The Morgan fingerprint density at radius 2 is 1.65 bits per heavy atom. The van der Waals surface area contributed by atoms with Crippen LogP contribution in [0.3, 0.4) is 0 Å². The standard InChI is InChI=1S/C14H13NO5/c1-8(16)7-20-14(19)9(2)15-12(17)10-5-3-4-6-11(10)13(15)18/h3-6,9H,7H2,1-2H3/t9-/m1/s1. The van der Waals surface area contributed by atoms with Crippen LogP contribution in [0.2, 0.25) is 0 Å². The third kappa shape index (κ3) is 2.32. The number of benzene rings is 1. The first-order valence-corrected chi connectivity index (χ1v) is 6.06. The summed E-state index contributed by atoms with van der Waals surface area (Å²) in [5, 5.41) is 0. The molecule has 1 aromatic rings. The van der Waals surface area contributed by atoms with Gasteiger partial charge in [-0.2, -0.15) is 0 Å². The molecule has 0 saturated carbocycles. The zero-order valence-electron chi connectivity index (χ0n) is 11.1. The monoisotopic (exact) mass is 275 g/mol. The molecule has 0 aliphatic carbocycles. The summed E-state index contributed by atoms with van der Waals surface area (Å²) in [6.07, 6.45) is 0. The molecule has 0 fully saturated rings. The van der Waals surface area contributed by atoms with Crippen LogP contribution in [0.5, 0.6) is 0 Å². The molecule has 1 aliphatic rings. The molecule has 1 aromatic carbocycles. The maximum Gasteiger partial charge on any atom is 0.329 e. The summed E-state index contributed by atoms with van der Waals surface area (Å²) in [5.41, 5.74) is 0.535. The number of imide groups is 1. The van der Waals surface area contributed by atoms with Crippen molar-refractivity contribution in [1.82, 2.24) is 4.90 Å². The number of carbonyl (C=O) groups excluding carboxylic acids is 4. The number of amides is 2. The summed E-state index contributed by atoms with van der Waals surface area (Å²) in [5.74, 6) is -2.15. The normalized spacial score (nSPS) is 15.0. The lowest BCUT2D eigenvalue weighted by Crippen LogP contribution is -2.44. The van der Waals surface area contributed by atoms with Crippen LogP contribution in [0.4, 0.5) is 0 Å². The van der Waals surface area contributed by atoms with Gasteiger partial charge < -0.3 is 4.74 Å². The first kappa shape index (κ1) is 13.9. The van der Waals surface area contributed by atoms with Gasteiger partial charge in [-0.1, -0.05) is 12.1 Å². The molecule has 2 amide bonds. The van der Waals surface area contributed by atoms with E-state index < -0.39 is 23.8 Å². The van der Waals surface area contributed by atoms with Crippen LogP contribution in [0.15, 0.2) is 24.3 Å². The number of ether oxygens (including phenoxy) is 1. The van der Waals surface area contributed by atoms with Crippen LogP contribution in [0.1, 0.15) is 34.6 Å². The number of hydrogen-bond donors (Lipinski definition) is 0. The first-order chi connectivity index (χ1) is 9.43. The van der Waals surface area contributed by atoms with Crippen molar-refractivity contribution in [3.63, 3.8) is 0 Å². The molecule has 0 radical (unpaired) electrons. The van der Waals surface area contributed by atoms with Gasteiger partial charge in [-0.25, -0.2) is 4.79 Å². The molecule has 6 nitrogen and oxygen atoms in total. The lowest BCUT2D eigenvalue weighted by Gasteiger charge is -2.20. The van der Waals surface area contributed by atoms with Gasteiger partial charge in [-0.15, -0.1) is 0 Å². The van der Waals surface area contributed by atoms with Gasteiger partial charge in [-0.05, 0) is 26.0 Å². The molecular weight excluding hydrogens is 262 g/mol. The zero-order valence-corrected chi connectivity index (χ0v) is 11.1. The number of carbonyl (C=O) groups is 4. The van der Waals surface area contributed by atoms with E-state index in [9.17, 15) is 19.2 Å². The van der Waals surface area contributed by atoms with Crippen LogP contribution in [0.25, 0.3) is 0 Å². The summed E-state index contributed by atoms with van der Waals surface area (Å²) in [6.45, 7) is 2.30. The fourth-order valence-electron chi connectivity index (χ4n) is 1.96. The second-order valence-electron chi connectivity index (χ2n) is 4.51. The lowest BCUT2D eigenvalue weighted by molar-refractivity contribution is -0.150. The molecule has 2 rings (SSSR count). The van der Waals surface area contributed by atoms with E-state index in [-0.39, 0.29) is 23.5 Å². The number of ketones is 1. The van der Waals surface area contributed by atoms with E-state index in [0.29, 0.717) is 0 Å². The minimum absolute atomic E-state index is 0.267. The Morgan fingerprint density at radius 1 is 1.15 bits per heavy atom. The molecule has 20 heavy (non-hydrogen) atoms. The number of Topliss-reactive ketones (excluding diaryl/α,β-unsaturated/α-hetero) is 1. The van der Waals surface area contributed by atoms with Crippen LogP contribution in [-0.2, 0) is 14.3 Å². The minimum atomic E-state index is -1.07. The van der Waals surface area contributed by atoms with E-state index in [2.05, 4.69) is 0 Å². The van der Waals surface area contributed by atoms with Crippen molar-refractivity contribution >= 4 is 23.6 Å². The molecule has 0 spiro atoms. The Morgan fingerprint density at radius 3 is 2.10 bits per heavy atom. The van der Waals surface area contributed by atoms with Gasteiger partial charge in [0, 0.05) is 0 Å². The summed E-state index contributed by atoms with van der Waals surface area (Å²) < 4.78 is 4.74. The average molecular weight is 275 g/mol. The van der Waals surface area contributed by atoms with Crippen LogP contribution in [0, 0.1) is 0 Å². The molecular formula is C14H13NO5. The van der Waals surface area contributed by atoms with E-state index >= 15 is 0 Å². The van der Waals surface area contributed by atoms with Gasteiger partial charge in [0.1, 0.15) is 12.6 Å². The van der Waals surface area contributed by atoms with Gasteiger partial charge in [0.15, 0.2) is 5.78 Å². The van der Waals surface area contributed by atoms with Crippen LogP contribution in [-0.4, -0.2) is 41.1 Å². The Labute approximate surface area is 115 Å². The number of hydrogen-bond acceptors (Lipinski definition) is 5. The van der Waals surface area contributed by atoms with Gasteiger partial charge in [0.25, 0.3) is 11.8 Å². The third-order valence-electron chi connectivity index (χ3n) is 2.97. The molecule has 0 aromatic heterocycles. The van der Waals surface area contributed by atoms with Crippen molar-refractivity contribution in [2.75, 3.05) is 6.61 Å². The molecule has 0 saturated heterocycles. The third-order valence-corrected chi connectivity index (χ3v) is 2.97. The predicted molar refractivity (Wildman–Crippen MR) is 68.0 cm³/mol. The lowest BCUT2D eigenvalue weighted by atomic mass is 10.1. The highest BCUT2D eigenvalue weighted by Crippen LogP contribution is 2.24. The van der Waals surface area contributed by atoms with Crippen molar-refractivity contribution in [3.8, 4) is 0 Å². The van der Waals surface area contributed by atoms with Gasteiger partial charge in [-0.3, -0.25) is 19.3 Å². The Hall–Kier alpha value is -2.50. The van der Waals surface area contributed by atoms with Crippen molar-refractivity contribution in [1.29, 1.82) is 0 Å². The molecule has 1 atom stereocenters. The van der Waals surface area contributed by atoms with Crippen molar-refractivity contribution in [3.05, 3.63) is 35.4 Å². The fraction of sp³-hybridized carbons (Fsp3) is 0.286. The fourth-order valence-corrected chi connectivity index (χ4v) is 1.96. The highest BCUT2D eigenvalue weighted by Gasteiger charge is 2.41. The number of fused-ring (bicyclic) bond motifs is 1. The van der Waals surface area contributed by atoms with Crippen molar-refractivity contribution in [2.24, 2.45) is 0 Å². The van der Waals surface area contributed by atoms with Crippen molar-refractivity contribution < 1.29 is 23.9 Å². The maximum absolute atomic E-state index is 12.1. The Bertz CT molecular complexity index is 572. The zero-order chi connectivity index (χ0) is 14.9. The molecule has 0 unspecified atom stereocenters. The number of rotatable bonds is 4. The number of nitrogens with zero attached hydrogens (tertiary/aromatic N) is 1. The van der Waals surface area contributed by atoms with Gasteiger partial charge in [0.05, 0.1) is 11.1 Å². The van der Waals surface area contributed by atoms with Gasteiger partial charge >= 0.3 is 5.97 Å².